The number of aromatic nitrogens is 2. The van der Waals surface area contributed by atoms with Gasteiger partial charge < -0.3 is 5.32 Å². The van der Waals surface area contributed by atoms with Crippen molar-refractivity contribution in [2.45, 2.75) is 38.8 Å². The van der Waals surface area contributed by atoms with Crippen LogP contribution in [0.2, 0.25) is 0 Å². The Kier molecular flexibility index (Phi) is 5.17. The van der Waals surface area contributed by atoms with Gasteiger partial charge in [0.15, 0.2) is 0 Å². The smallest absolute Gasteiger partial charge is 0.230 e. The number of nitrogens with zero attached hydrogens (tertiary/aromatic N) is 2. The lowest BCUT2D eigenvalue weighted by molar-refractivity contribution is -0.119. The monoisotopic (exact) mass is 303 g/mol. The van der Waals surface area contributed by atoms with Gasteiger partial charge in [0.1, 0.15) is 10.9 Å². The zero-order valence-corrected chi connectivity index (χ0v) is 13.7. The molecule has 2 rings (SSSR count). The Morgan fingerprint density at radius 2 is 1.95 bits per heavy atom. The molecule has 4 nitrogen and oxygen atoms in total. The van der Waals surface area contributed by atoms with E-state index < -0.39 is 0 Å². The molecule has 1 amide bonds. The Morgan fingerprint density at radius 1 is 1.24 bits per heavy atom. The summed E-state index contributed by atoms with van der Waals surface area (Å²) in [5.74, 6) is 1.58. The first-order valence-electron chi connectivity index (χ1n) is 7.13. The van der Waals surface area contributed by atoms with Crippen molar-refractivity contribution in [2.75, 3.05) is 5.75 Å². The van der Waals surface area contributed by atoms with Gasteiger partial charge in [-0.2, -0.15) is 0 Å². The zero-order valence-electron chi connectivity index (χ0n) is 12.9. The van der Waals surface area contributed by atoms with Crippen molar-refractivity contribution in [1.82, 2.24) is 15.3 Å². The second kappa shape index (κ2) is 6.89. The summed E-state index contributed by atoms with van der Waals surface area (Å²) in [6.07, 6.45) is 0. The number of aryl methyl sites for hydroxylation is 1. The zero-order chi connectivity index (χ0) is 15.4. The van der Waals surface area contributed by atoms with Crippen LogP contribution in [0.5, 0.6) is 0 Å². The van der Waals surface area contributed by atoms with Gasteiger partial charge in [-0.05, 0) is 25.8 Å². The van der Waals surface area contributed by atoms with Crippen LogP contribution >= 0.6 is 11.8 Å². The van der Waals surface area contributed by atoms with E-state index >= 15 is 0 Å². The van der Waals surface area contributed by atoms with Crippen LogP contribution in [0.1, 0.15) is 26.6 Å². The lowest BCUT2D eigenvalue weighted by atomic mass is 10.1. The third-order valence-corrected chi connectivity index (χ3v) is 4.40. The van der Waals surface area contributed by atoms with Crippen molar-refractivity contribution in [3.05, 3.63) is 30.1 Å². The maximum absolute atomic E-state index is 12.0. The number of amides is 1. The van der Waals surface area contributed by atoms with Crippen LogP contribution in [0.15, 0.2) is 29.3 Å². The fourth-order valence-electron chi connectivity index (χ4n) is 1.86. The van der Waals surface area contributed by atoms with Gasteiger partial charge in [0.2, 0.25) is 5.91 Å². The van der Waals surface area contributed by atoms with Crippen LogP contribution in [0, 0.1) is 12.8 Å². The van der Waals surface area contributed by atoms with Crippen LogP contribution in [0.4, 0.5) is 0 Å². The van der Waals surface area contributed by atoms with E-state index in [1.807, 2.05) is 38.1 Å². The van der Waals surface area contributed by atoms with Gasteiger partial charge in [-0.3, -0.25) is 4.79 Å². The van der Waals surface area contributed by atoms with Crippen LogP contribution in [0.3, 0.4) is 0 Å². The molecule has 5 heteroatoms. The quantitative estimate of drug-likeness (QED) is 0.681. The molecule has 21 heavy (non-hydrogen) atoms. The summed E-state index contributed by atoms with van der Waals surface area (Å²) in [7, 11) is 0. The molecule has 0 aliphatic carbocycles. The van der Waals surface area contributed by atoms with Gasteiger partial charge in [-0.25, -0.2) is 9.97 Å². The highest BCUT2D eigenvalue weighted by molar-refractivity contribution is 8.00. The number of carbonyl (C=O) groups excluding carboxylic acids is 1. The topological polar surface area (TPSA) is 54.9 Å². The predicted octanol–water partition coefficient (Wildman–Crippen LogP) is 3.19. The molecular formula is C16H21N3OS. The molecule has 1 atom stereocenters. The second-order valence-corrected chi connectivity index (χ2v) is 6.45. The van der Waals surface area contributed by atoms with Crippen LogP contribution in [-0.2, 0) is 4.79 Å². The average Bonchev–Trinajstić information content (AvgIpc) is 2.44. The highest BCUT2D eigenvalue weighted by atomic mass is 32.2. The number of carbonyl (C=O) groups is 1. The van der Waals surface area contributed by atoms with E-state index in [1.165, 1.54) is 11.8 Å². The third-order valence-electron chi connectivity index (χ3n) is 3.41. The Morgan fingerprint density at radius 3 is 2.67 bits per heavy atom. The van der Waals surface area contributed by atoms with Crippen molar-refractivity contribution in [3.8, 4) is 0 Å². The number of para-hydroxylation sites is 1. The number of hydrogen-bond donors (Lipinski definition) is 1. The van der Waals surface area contributed by atoms with Gasteiger partial charge in [0.25, 0.3) is 0 Å². The van der Waals surface area contributed by atoms with Crippen LogP contribution < -0.4 is 5.32 Å². The molecule has 0 fully saturated rings. The molecule has 112 valence electrons. The first-order valence-corrected chi connectivity index (χ1v) is 8.11. The summed E-state index contributed by atoms with van der Waals surface area (Å²) in [5.41, 5.74) is 0.920. The molecule has 0 aliphatic heterocycles. The van der Waals surface area contributed by atoms with Gasteiger partial charge in [0.05, 0.1) is 11.3 Å². The molecule has 1 heterocycles. The van der Waals surface area contributed by atoms with Crippen molar-refractivity contribution in [2.24, 2.45) is 5.92 Å². The minimum atomic E-state index is 0.0431. The maximum atomic E-state index is 12.0. The normalized spacial score (nSPS) is 12.6. The van der Waals surface area contributed by atoms with E-state index in [4.69, 9.17) is 0 Å². The maximum Gasteiger partial charge on any atom is 0.230 e. The molecule has 1 aromatic heterocycles. The highest BCUT2D eigenvalue weighted by Gasteiger charge is 2.12. The molecule has 1 unspecified atom stereocenters. The largest absolute Gasteiger partial charge is 0.353 e. The number of fused-ring (bicyclic) bond motifs is 1. The van der Waals surface area contributed by atoms with Gasteiger partial charge in [-0.1, -0.05) is 43.8 Å². The van der Waals surface area contributed by atoms with Crippen LogP contribution in [-0.4, -0.2) is 27.7 Å². The number of nitrogens with one attached hydrogen (secondary N) is 1. The first kappa shape index (κ1) is 15.8. The summed E-state index contributed by atoms with van der Waals surface area (Å²) < 4.78 is 0. The molecule has 0 spiro atoms. The second-order valence-electron chi connectivity index (χ2n) is 5.48. The number of rotatable bonds is 5. The van der Waals surface area contributed by atoms with Crippen molar-refractivity contribution < 1.29 is 4.79 Å². The van der Waals surface area contributed by atoms with Gasteiger partial charge >= 0.3 is 0 Å². The van der Waals surface area contributed by atoms with E-state index in [9.17, 15) is 4.79 Å². The lowest BCUT2D eigenvalue weighted by Crippen LogP contribution is -2.37. The van der Waals surface area contributed by atoms with E-state index in [0.717, 1.165) is 21.8 Å². The summed E-state index contributed by atoms with van der Waals surface area (Å²) in [6.45, 7) is 8.09. The Hall–Kier alpha value is -1.62. The van der Waals surface area contributed by atoms with E-state index in [0.29, 0.717) is 11.7 Å². The molecule has 0 aliphatic rings. The van der Waals surface area contributed by atoms with Gasteiger partial charge in [-0.15, -0.1) is 0 Å². The first-order chi connectivity index (χ1) is 9.97. The fraction of sp³-hybridized carbons (Fsp3) is 0.438. The summed E-state index contributed by atoms with van der Waals surface area (Å²) in [6, 6.07) is 8.06. The Bertz CT molecular complexity index is 642. The molecule has 1 N–H and O–H groups in total. The van der Waals surface area contributed by atoms with E-state index in [1.54, 1.807) is 0 Å². The van der Waals surface area contributed by atoms with Crippen molar-refractivity contribution in [3.63, 3.8) is 0 Å². The molecular weight excluding hydrogens is 282 g/mol. The third kappa shape index (κ3) is 4.17. The van der Waals surface area contributed by atoms with Gasteiger partial charge in [0, 0.05) is 11.4 Å². The minimum absolute atomic E-state index is 0.0431. The molecule has 0 saturated heterocycles. The highest BCUT2D eigenvalue weighted by Crippen LogP contribution is 2.24. The number of hydrogen-bond acceptors (Lipinski definition) is 4. The van der Waals surface area contributed by atoms with Crippen molar-refractivity contribution >= 4 is 28.6 Å². The Labute approximate surface area is 129 Å². The molecule has 1 aromatic carbocycles. The minimum Gasteiger partial charge on any atom is -0.353 e. The molecule has 2 aromatic rings. The fourth-order valence-corrected chi connectivity index (χ4v) is 2.74. The SMILES string of the molecule is Cc1nc(SCC(=O)NC(C)C(C)C)c2ccccc2n1. The lowest BCUT2D eigenvalue weighted by Gasteiger charge is -2.17. The summed E-state index contributed by atoms with van der Waals surface area (Å²) in [4.78, 5) is 20.8. The van der Waals surface area contributed by atoms with E-state index in [2.05, 4.69) is 29.1 Å². The van der Waals surface area contributed by atoms with E-state index in [-0.39, 0.29) is 11.9 Å². The Balaban J connectivity index is 2.08. The molecule has 0 bridgehead atoms. The summed E-state index contributed by atoms with van der Waals surface area (Å²) >= 11 is 1.46. The molecule has 0 radical (unpaired) electrons. The average molecular weight is 303 g/mol. The summed E-state index contributed by atoms with van der Waals surface area (Å²) in [5, 5.41) is 4.87. The standard InChI is InChI=1S/C16H21N3OS/c1-10(2)11(3)17-15(20)9-21-16-13-7-5-6-8-14(13)18-12(4)19-16/h5-8,10-11H,9H2,1-4H3,(H,17,20). The van der Waals surface area contributed by atoms with Crippen LogP contribution in [0.25, 0.3) is 10.9 Å². The predicted molar refractivity (Wildman–Crippen MR) is 87.4 cm³/mol. The van der Waals surface area contributed by atoms with Crippen molar-refractivity contribution in [1.29, 1.82) is 0 Å². The number of thioether (sulfide) groups is 1. The number of benzene rings is 1. The molecule has 0 saturated carbocycles.